The lowest BCUT2D eigenvalue weighted by atomic mass is 9.63. The maximum absolute atomic E-state index is 9.59. The Hall–Kier alpha value is -1.60. The Labute approximate surface area is 134 Å². The van der Waals surface area contributed by atoms with Gasteiger partial charge in [0, 0.05) is 0 Å². The normalized spacial score (nSPS) is 23.1. The summed E-state index contributed by atoms with van der Waals surface area (Å²) in [4.78, 5) is 0. The Morgan fingerprint density at radius 1 is 1.09 bits per heavy atom. The molecule has 2 aromatic rings. The molecule has 0 saturated heterocycles. The Morgan fingerprint density at radius 2 is 1.82 bits per heavy atom. The number of rotatable bonds is 2. The molecule has 0 radical (unpaired) electrons. The summed E-state index contributed by atoms with van der Waals surface area (Å²) in [5.41, 5.74) is 6.57. The first-order chi connectivity index (χ1) is 10.4. The summed E-state index contributed by atoms with van der Waals surface area (Å²) >= 11 is 0. The fraction of sp³-hybridized carbons (Fsp3) is 0.429. The molecule has 0 heterocycles. The zero-order valence-electron chi connectivity index (χ0n) is 14.1. The van der Waals surface area contributed by atoms with Crippen molar-refractivity contribution >= 4 is 0 Å². The van der Waals surface area contributed by atoms with E-state index in [-0.39, 0.29) is 12.0 Å². The highest BCUT2D eigenvalue weighted by molar-refractivity contribution is 5.69. The molecule has 0 fully saturated rings. The molecule has 2 atom stereocenters. The summed E-state index contributed by atoms with van der Waals surface area (Å²) in [7, 11) is 0. The third-order valence-corrected chi connectivity index (χ3v) is 5.71. The Bertz CT molecular complexity index is 684. The SMILES string of the molecule is CC1CC(C)C(C)(C)c2ccc(-c3ccccc3CO)cc21. The predicted octanol–water partition coefficient (Wildman–Crippen LogP) is 5.27. The van der Waals surface area contributed by atoms with Crippen molar-refractivity contribution in [3.05, 3.63) is 59.2 Å². The fourth-order valence-electron chi connectivity index (χ4n) is 3.88. The van der Waals surface area contributed by atoms with E-state index in [1.54, 1.807) is 0 Å². The number of aliphatic hydroxyl groups excluding tert-OH is 1. The average Bonchev–Trinajstić information content (AvgIpc) is 2.53. The molecule has 0 saturated carbocycles. The maximum atomic E-state index is 9.59. The van der Waals surface area contributed by atoms with Crippen LogP contribution in [0.2, 0.25) is 0 Å². The smallest absolute Gasteiger partial charge is 0.0687 e. The van der Waals surface area contributed by atoms with Crippen LogP contribution < -0.4 is 0 Å². The third kappa shape index (κ3) is 2.38. The summed E-state index contributed by atoms with van der Waals surface area (Å²) in [6.07, 6.45) is 1.24. The predicted molar refractivity (Wildman–Crippen MR) is 93.0 cm³/mol. The molecule has 1 N–H and O–H groups in total. The van der Waals surface area contributed by atoms with Crippen LogP contribution >= 0.6 is 0 Å². The summed E-state index contributed by atoms with van der Waals surface area (Å²) in [5.74, 6) is 1.30. The fourth-order valence-corrected chi connectivity index (χ4v) is 3.88. The first-order valence-corrected chi connectivity index (χ1v) is 8.28. The number of benzene rings is 2. The Kier molecular flexibility index (Phi) is 3.86. The van der Waals surface area contributed by atoms with Crippen molar-refractivity contribution in [3.63, 3.8) is 0 Å². The molecule has 2 unspecified atom stereocenters. The minimum absolute atomic E-state index is 0.0886. The number of hydrogen-bond donors (Lipinski definition) is 1. The van der Waals surface area contributed by atoms with Crippen LogP contribution in [-0.2, 0) is 12.0 Å². The molecule has 0 spiro atoms. The lowest BCUT2D eigenvalue weighted by Crippen LogP contribution is -2.33. The van der Waals surface area contributed by atoms with Crippen molar-refractivity contribution in [2.24, 2.45) is 5.92 Å². The van der Waals surface area contributed by atoms with Gasteiger partial charge in [0.05, 0.1) is 6.61 Å². The lowest BCUT2D eigenvalue weighted by Gasteiger charge is -2.41. The second kappa shape index (κ2) is 5.55. The summed E-state index contributed by atoms with van der Waals surface area (Å²) in [6.45, 7) is 9.53. The highest BCUT2D eigenvalue weighted by Crippen LogP contribution is 2.47. The molecular weight excluding hydrogens is 268 g/mol. The van der Waals surface area contributed by atoms with E-state index in [0.29, 0.717) is 11.8 Å². The average molecular weight is 294 g/mol. The molecular formula is C21H26O. The first kappa shape index (κ1) is 15.3. The van der Waals surface area contributed by atoms with E-state index in [2.05, 4.69) is 52.0 Å². The lowest BCUT2D eigenvalue weighted by molar-refractivity contribution is 0.281. The van der Waals surface area contributed by atoms with Gasteiger partial charge in [-0.2, -0.15) is 0 Å². The highest BCUT2D eigenvalue weighted by Gasteiger charge is 2.36. The molecule has 1 aliphatic carbocycles. The van der Waals surface area contributed by atoms with E-state index in [4.69, 9.17) is 0 Å². The van der Waals surface area contributed by atoms with Crippen LogP contribution in [0, 0.1) is 5.92 Å². The number of hydrogen-bond acceptors (Lipinski definition) is 1. The van der Waals surface area contributed by atoms with Crippen LogP contribution in [0.5, 0.6) is 0 Å². The van der Waals surface area contributed by atoms with E-state index < -0.39 is 0 Å². The van der Waals surface area contributed by atoms with Crippen LogP contribution in [0.3, 0.4) is 0 Å². The van der Waals surface area contributed by atoms with E-state index >= 15 is 0 Å². The molecule has 3 rings (SSSR count). The van der Waals surface area contributed by atoms with Gasteiger partial charge in [-0.25, -0.2) is 0 Å². The minimum atomic E-state index is 0.0886. The standard InChI is InChI=1S/C21H26O/c1-14-11-15(2)21(3,4)20-10-9-16(12-19(14)20)18-8-6-5-7-17(18)13-22/h5-10,12,14-15,22H,11,13H2,1-4H3. The minimum Gasteiger partial charge on any atom is -0.392 e. The van der Waals surface area contributed by atoms with Crippen molar-refractivity contribution in [1.82, 2.24) is 0 Å². The Morgan fingerprint density at radius 3 is 2.55 bits per heavy atom. The van der Waals surface area contributed by atoms with E-state index in [9.17, 15) is 5.11 Å². The summed E-state index contributed by atoms with van der Waals surface area (Å²) in [5, 5.41) is 9.59. The van der Waals surface area contributed by atoms with Crippen molar-refractivity contribution in [2.45, 2.75) is 52.1 Å². The summed E-state index contributed by atoms with van der Waals surface area (Å²) < 4.78 is 0. The van der Waals surface area contributed by atoms with Gasteiger partial charge in [0.25, 0.3) is 0 Å². The van der Waals surface area contributed by atoms with Crippen LogP contribution in [0.4, 0.5) is 0 Å². The van der Waals surface area contributed by atoms with Gasteiger partial charge >= 0.3 is 0 Å². The van der Waals surface area contributed by atoms with Crippen LogP contribution in [0.25, 0.3) is 11.1 Å². The van der Waals surface area contributed by atoms with E-state index in [1.807, 2.05) is 18.2 Å². The van der Waals surface area contributed by atoms with Gasteiger partial charge in [0.2, 0.25) is 0 Å². The number of aliphatic hydroxyl groups is 1. The van der Waals surface area contributed by atoms with Gasteiger partial charge in [-0.3, -0.25) is 0 Å². The second-order valence-electron chi connectivity index (χ2n) is 7.38. The first-order valence-electron chi connectivity index (χ1n) is 8.28. The monoisotopic (exact) mass is 294 g/mol. The largest absolute Gasteiger partial charge is 0.392 e. The summed E-state index contributed by atoms with van der Waals surface area (Å²) in [6, 6.07) is 15.0. The van der Waals surface area contributed by atoms with Crippen molar-refractivity contribution in [3.8, 4) is 11.1 Å². The van der Waals surface area contributed by atoms with Gasteiger partial charge in [-0.05, 0) is 51.5 Å². The molecule has 1 nitrogen and oxygen atoms in total. The zero-order valence-corrected chi connectivity index (χ0v) is 14.1. The molecule has 0 aromatic heterocycles. The molecule has 1 heteroatoms. The zero-order chi connectivity index (χ0) is 15.9. The molecule has 0 amide bonds. The molecule has 0 bridgehead atoms. The molecule has 2 aromatic carbocycles. The molecule has 116 valence electrons. The molecule has 0 aliphatic heterocycles. The van der Waals surface area contributed by atoms with E-state index in [0.717, 1.165) is 11.1 Å². The van der Waals surface area contributed by atoms with E-state index in [1.165, 1.54) is 23.1 Å². The molecule has 1 aliphatic rings. The quantitative estimate of drug-likeness (QED) is 0.800. The van der Waals surface area contributed by atoms with Gasteiger partial charge in [0.15, 0.2) is 0 Å². The highest BCUT2D eigenvalue weighted by atomic mass is 16.3. The maximum Gasteiger partial charge on any atom is 0.0687 e. The third-order valence-electron chi connectivity index (χ3n) is 5.71. The Balaban J connectivity index is 2.14. The van der Waals surface area contributed by atoms with Gasteiger partial charge in [-0.15, -0.1) is 0 Å². The van der Waals surface area contributed by atoms with Gasteiger partial charge < -0.3 is 5.11 Å². The van der Waals surface area contributed by atoms with Crippen molar-refractivity contribution in [2.75, 3.05) is 0 Å². The van der Waals surface area contributed by atoms with Gasteiger partial charge in [0.1, 0.15) is 0 Å². The number of fused-ring (bicyclic) bond motifs is 1. The van der Waals surface area contributed by atoms with Crippen molar-refractivity contribution < 1.29 is 5.11 Å². The molecule has 22 heavy (non-hydrogen) atoms. The topological polar surface area (TPSA) is 20.2 Å². The van der Waals surface area contributed by atoms with Crippen LogP contribution in [-0.4, -0.2) is 5.11 Å². The van der Waals surface area contributed by atoms with Crippen LogP contribution in [0.1, 0.15) is 56.7 Å². The van der Waals surface area contributed by atoms with Crippen molar-refractivity contribution in [1.29, 1.82) is 0 Å². The van der Waals surface area contributed by atoms with Gasteiger partial charge in [-0.1, -0.05) is 70.2 Å². The second-order valence-corrected chi connectivity index (χ2v) is 7.38. The van der Waals surface area contributed by atoms with Crippen LogP contribution in [0.15, 0.2) is 42.5 Å².